The molecule has 0 aliphatic rings. The monoisotopic (exact) mass is 295 g/mol. The normalized spacial score (nSPS) is 10.4. The van der Waals surface area contributed by atoms with E-state index < -0.39 is 18.0 Å². The van der Waals surface area contributed by atoms with Crippen LogP contribution in [0.15, 0.2) is 10.5 Å². The molecule has 0 atom stereocenters. The lowest BCUT2D eigenvalue weighted by atomic mass is 10.2. The first kappa shape index (κ1) is 12.8. The number of carbonyl (C=O) groups excluding carboxylic acids is 1. The van der Waals surface area contributed by atoms with E-state index in [0.29, 0.717) is 0 Å². The lowest BCUT2D eigenvalue weighted by molar-refractivity contribution is 0.0592. The second-order valence-electron chi connectivity index (χ2n) is 2.70. The number of nitrogens with zero attached hydrogens (tertiary/aromatic N) is 1. The third-order valence-electron chi connectivity index (χ3n) is 1.78. The van der Waals surface area contributed by atoms with Gasteiger partial charge in [0.15, 0.2) is 5.69 Å². The first-order valence-electron chi connectivity index (χ1n) is 4.12. The van der Waals surface area contributed by atoms with Crippen LogP contribution in [0.4, 0.5) is 8.78 Å². The fourth-order valence-electron chi connectivity index (χ4n) is 1.06. The zero-order valence-corrected chi connectivity index (χ0v) is 10.0. The number of hydrogen-bond acceptors (Lipinski definition) is 4. The Morgan fingerprint density at radius 2 is 2.12 bits per heavy atom. The van der Waals surface area contributed by atoms with Crippen LogP contribution in [0.5, 0.6) is 5.88 Å². The fourth-order valence-corrected chi connectivity index (χ4v) is 1.62. The molecule has 0 unspecified atom stereocenters. The predicted molar refractivity (Wildman–Crippen MR) is 54.8 cm³/mol. The number of hydrogen-bond donors (Lipinski definition) is 0. The molecule has 16 heavy (non-hydrogen) atoms. The number of rotatable bonds is 3. The Hall–Kier alpha value is -1.24. The van der Waals surface area contributed by atoms with E-state index in [0.717, 1.165) is 6.07 Å². The van der Waals surface area contributed by atoms with Crippen molar-refractivity contribution in [2.75, 3.05) is 14.2 Å². The summed E-state index contributed by atoms with van der Waals surface area (Å²) < 4.78 is 34.4. The SMILES string of the molecule is COC(=O)c1cc(Br)c(C(F)F)c(OC)n1. The number of esters is 1. The van der Waals surface area contributed by atoms with Gasteiger partial charge in [-0.3, -0.25) is 0 Å². The molecule has 1 rings (SSSR count). The fraction of sp³-hybridized carbons (Fsp3) is 0.333. The van der Waals surface area contributed by atoms with Gasteiger partial charge in [0.2, 0.25) is 5.88 Å². The third-order valence-corrected chi connectivity index (χ3v) is 2.44. The van der Waals surface area contributed by atoms with E-state index in [4.69, 9.17) is 4.74 Å². The van der Waals surface area contributed by atoms with Crippen LogP contribution in [0, 0.1) is 0 Å². The smallest absolute Gasteiger partial charge is 0.356 e. The van der Waals surface area contributed by atoms with Crippen molar-refractivity contribution < 1.29 is 23.0 Å². The van der Waals surface area contributed by atoms with Crippen LogP contribution >= 0.6 is 15.9 Å². The van der Waals surface area contributed by atoms with E-state index >= 15 is 0 Å². The summed E-state index contributed by atoms with van der Waals surface area (Å²) in [5.41, 5.74) is -0.495. The van der Waals surface area contributed by atoms with Gasteiger partial charge < -0.3 is 9.47 Å². The van der Waals surface area contributed by atoms with Crippen LogP contribution in [0.2, 0.25) is 0 Å². The van der Waals surface area contributed by atoms with E-state index in [1.54, 1.807) is 0 Å². The van der Waals surface area contributed by atoms with Crippen molar-refractivity contribution in [3.05, 3.63) is 21.8 Å². The highest BCUT2D eigenvalue weighted by Crippen LogP contribution is 2.34. The second kappa shape index (κ2) is 5.20. The standard InChI is InChI=1S/C9H8BrF2NO3/c1-15-8-6(7(11)12)4(10)3-5(13-8)9(14)16-2/h3,7H,1-2H3. The van der Waals surface area contributed by atoms with Crippen LogP contribution in [-0.2, 0) is 4.74 Å². The van der Waals surface area contributed by atoms with Crippen molar-refractivity contribution in [1.82, 2.24) is 4.98 Å². The van der Waals surface area contributed by atoms with Crippen LogP contribution < -0.4 is 4.74 Å². The lowest BCUT2D eigenvalue weighted by Gasteiger charge is -2.10. The molecule has 0 N–H and O–H groups in total. The van der Waals surface area contributed by atoms with Crippen LogP contribution in [-0.4, -0.2) is 25.2 Å². The van der Waals surface area contributed by atoms with E-state index in [-0.39, 0.29) is 16.0 Å². The zero-order valence-electron chi connectivity index (χ0n) is 8.46. The van der Waals surface area contributed by atoms with E-state index in [1.165, 1.54) is 14.2 Å². The average Bonchev–Trinajstić information content (AvgIpc) is 2.26. The zero-order chi connectivity index (χ0) is 12.3. The van der Waals surface area contributed by atoms with Gasteiger partial charge in [0.25, 0.3) is 6.43 Å². The molecule has 0 saturated carbocycles. The van der Waals surface area contributed by atoms with E-state index in [2.05, 4.69) is 25.7 Å². The molecule has 1 aromatic rings. The van der Waals surface area contributed by atoms with E-state index in [1.807, 2.05) is 0 Å². The first-order valence-corrected chi connectivity index (χ1v) is 4.91. The molecule has 0 fully saturated rings. The molecule has 1 heterocycles. The minimum absolute atomic E-state index is 0.0507. The highest BCUT2D eigenvalue weighted by molar-refractivity contribution is 9.10. The molecule has 0 amide bonds. The Kier molecular flexibility index (Phi) is 4.17. The molecule has 0 aliphatic carbocycles. The summed E-state index contributed by atoms with van der Waals surface area (Å²) >= 11 is 2.93. The van der Waals surface area contributed by atoms with E-state index in [9.17, 15) is 13.6 Å². The minimum Gasteiger partial charge on any atom is -0.481 e. The molecule has 0 spiro atoms. The van der Waals surface area contributed by atoms with Gasteiger partial charge in [0.05, 0.1) is 19.8 Å². The third kappa shape index (κ3) is 2.46. The molecule has 4 nitrogen and oxygen atoms in total. The predicted octanol–water partition coefficient (Wildman–Crippen LogP) is 2.58. The Bertz CT molecular complexity index is 412. The first-order chi connectivity index (χ1) is 7.51. The topological polar surface area (TPSA) is 48.4 Å². The Morgan fingerprint density at radius 1 is 1.50 bits per heavy atom. The average molecular weight is 296 g/mol. The van der Waals surface area contributed by atoms with Crippen molar-refractivity contribution in [3.8, 4) is 5.88 Å². The van der Waals surface area contributed by atoms with Gasteiger partial charge >= 0.3 is 5.97 Å². The maximum Gasteiger partial charge on any atom is 0.356 e. The van der Waals surface area contributed by atoms with Gasteiger partial charge in [-0.05, 0) is 6.07 Å². The van der Waals surface area contributed by atoms with Gasteiger partial charge in [-0.25, -0.2) is 18.6 Å². The quantitative estimate of drug-likeness (QED) is 0.804. The van der Waals surface area contributed by atoms with Crippen LogP contribution in [0.25, 0.3) is 0 Å². The molecule has 7 heteroatoms. The van der Waals surface area contributed by atoms with Crippen molar-refractivity contribution >= 4 is 21.9 Å². The molecule has 88 valence electrons. The summed E-state index contributed by atoms with van der Waals surface area (Å²) in [6.07, 6.45) is -2.75. The maximum absolute atomic E-state index is 12.6. The molecule has 1 aromatic heterocycles. The lowest BCUT2D eigenvalue weighted by Crippen LogP contribution is -2.07. The number of pyridine rings is 1. The summed E-state index contributed by atoms with van der Waals surface area (Å²) in [7, 11) is 2.37. The number of methoxy groups -OCH3 is 2. The van der Waals surface area contributed by atoms with Crippen molar-refractivity contribution in [3.63, 3.8) is 0 Å². The number of aromatic nitrogens is 1. The highest BCUT2D eigenvalue weighted by Gasteiger charge is 2.22. The Labute approximate surface area is 98.7 Å². The van der Waals surface area contributed by atoms with Gasteiger partial charge in [0.1, 0.15) is 0 Å². The minimum atomic E-state index is -2.75. The summed E-state index contributed by atoms with van der Waals surface area (Å²) in [5.74, 6) is -1.02. The van der Waals surface area contributed by atoms with Gasteiger partial charge in [0, 0.05) is 4.47 Å². The summed E-state index contributed by atoms with van der Waals surface area (Å²) in [6.45, 7) is 0. The van der Waals surface area contributed by atoms with Crippen LogP contribution in [0.3, 0.4) is 0 Å². The molecule has 0 saturated heterocycles. The van der Waals surface area contributed by atoms with Gasteiger partial charge in [-0.1, -0.05) is 15.9 Å². The number of ether oxygens (including phenoxy) is 2. The van der Waals surface area contributed by atoms with Gasteiger partial charge in [-0.2, -0.15) is 0 Å². The molecular weight excluding hydrogens is 288 g/mol. The van der Waals surface area contributed by atoms with Crippen molar-refractivity contribution in [1.29, 1.82) is 0 Å². The van der Waals surface area contributed by atoms with Crippen LogP contribution in [0.1, 0.15) is 22.5 Å². The molecule has 0 aliphatic heterocycles. The molecule has 0 bridgehead atoms. The molecule has 0 aromatic carbocycles. The number of halogens is 3. The number of carbonyl (C=O) groups is 1. The highest BCUT2D eigenvalue weighted by atomic mass is 79.9. The number of alkyl halides is 2. The van der Waals surface area contributed by atoms with Crippen molar-refractivity contribution in [2.24, 2.45) is 0 Å². The largest absolute Gasteiger partial charge is 0.481 e. The molecular formula is C9H8BrF2NO3. The Balaban J connectivity index is 3.32. The summed E-state index contributed by atoms with van der Waals surface area (Å²) in [6, 6.07) is 1.16. The molecule has 0 radical (unpaired) electrons. The van der Waals surface area contributed by atoms with Crippen molar-refractivity contribution in [2.45, 2.75) is 6.43 Å². The van der Waals surface area contributed by atoms with Gasteiger partial charge in [-0.15, -0.1) is 0 Å². The maximum atomic E-state index is 12.6. The Morgan fingerprint density at radius 3 is 2.56 bits per heavy atom. The summed E-state index contributed by atoms with van der Waals surface area (Å²) in [4.78, 5) is 14.8. The summed E-state index contributed by atoms with van der Waals surface area (Å²) in [5, 5.41) is 0. The second-order valence-corrected chi connectivity index (χ2v) is 3.56.